The molecule has 1 aromatic rings. The number of amides is 1. The molecule has 20 heavy (non-hydrogen) atoms. The van der Waals surface area contributed by atoms with E-state index in [1.807, 2.05) is 6.92 Å². The Morgan fingerprint density at radius 1 is 1.40 bits per heavy atom. The van der Waals surface area contributed by atoms with Crippen LogP contribution in [-0.2, 0) is 0 Å². The van der Waals surface area contributed by atoms with Crippen molar-refractivity contribution < 1.29 is 9.72 Å². The average molecular weight is 299 g/mol. The third-order valence-corrected chi connectivity index (χ3v) is 3.32. The van der Waals surface area contributed by atoms with Crippen LogP contribution in [-0.4, -0.2) is 34.7 Å². The molecule has 0 aliphatic rings. The van der Waals surface area contributed by atoms with Gasteiger partial charge in [0.1, 0.15) is 0 Å². The number of hydrogen-bond acceptors (Lipinski definition) is 3. The van der Waals surface area contributed by atoms with Gasteiger partial charge in [0.05, 0.1) is 4.92 Å². The molecule has 5 nitrogen and oxygen atoms in total. The number of nitro groups is 1. The maximum atomic E-state index is 12.5. The molecule has 0 radical (unpaired) electrons. The van der Waals surface area contributed by atoms with Gasteiger partial charge in [0.25, 0.3) is 11.6 Å². The molecule has 0 aliphatic carbocycles. The van der Waals surface area contributed by atoms with Crippen LogP contribution in [0.1, 0.15) is 35.7 Å². The van der Waals surface area contributed by atoms with Gasteiger partial charge in [-0.15, -0.1) is 11.6 Å². The number of rotatable bonds is 7. The number of nitrogens with zero attached hydrogens (tertiary/aromatic N) is 2. The molecule has 0 bridgehead atoms. The van der Waals surface area contributed by atoms with Gasteiger partial charge in [0, 0.05) is 36.2 Å². The number of nitro benzene ring substituents is 1. The number of alkyl halides is 1. The van der Waals surface area contributed by atoms with Gasteiger partial charge in [-0.1, -0.05) is 19.4 Å². The number of carbonyl (C=O) groups excluding carboxylic acids is 1. The highest BCUT2D eigenvalue weighted by molar-refractivity contribution is 6.18. The number of carbonyl (C=O) groups is 1. The minimum absolute atomic E-state index is 0.0304. The van der Waals surface area contributed by atoms with Crippen molar-refractivity contribution in [2.24, 2.45) is 0 Å². The first-order valence-corrected chi connectivity index (χ1v) is 7.15. The summed E-state index contributed by atoms with van der Waals surface area (Å²) in [5, 5.41) is 10.9. The zero-order valence-electron chi connectivity index (χ0n) is 11.8. The van der Waals surface area contributed by atoms with E-state index in [1.54, 1.807) is 17.9 Å². The van der Waals surface area contributed by atoms with Crippen molar-refractivity contribution in [3.63, 3.8) is 0 Å². The number of benzene rings is 1. The van der Waals surface area contributed by atoms with Gasteiger partial charge in [-0.05, 0) is 19.4 Å². The van der Waals surface area contributed by atoms with Crippen LogP contribution in [0.25, 0.3) is 0 Å². The molecule has 0 saturated heterocycles. The molecule has 1 amide bonds. The van der Waals surface area contributed by atoms with Crippen LogP contribution in [0.2, 0.25) is 0 Å². The van der Waals surface area contributed by atoms with Crippen molar-refractivity contribution in [3.8, 4) is 0 Å². The number of hydrogen-bond donors (Lipinski definition) is 0. The van der Waals surface area contributed by atoms with Crippen molar-refractivity contribution in [2.45, 2.75) is 26.7 Å². The molecule has 0 unspecified atom stereocenters. The van der Waals surface area contributed by atoms with Gasteiger partial charge in [-0.3, -0.25) is 14.9 Å². The second kappa shape index (κ2) is 7.85. The Balaban J connectivity index is 3.05. The first kappa shape index (κ1) is 16.4. The van der Waals surface area contributed by atoms with Gasteiger partial charge in [-0.25, -0.2) is 0 Å². The average Bonchev–Trinajstić information content (AvgIpc) is 2.42. The standard InChI is InChI=1S/C14H19ClN2O3/c1-3-4-9-16(10-8-15)14(18)12-6-5-7-13(11(12)2)17(19)20/h5-7H,3-4,8-10H2,1-2H3. The SMILES string of the molecule is CCCCN(CCCl)C(=O)c1cccc([N+](=O)[O-])c1C. The lowest BCUT2D eigenvalue weighted by Gasteiger charge is -2.22. The molecule has 1 rings (SSSR count). The zero-order chi connectivity index (χ0) is 15.1. The molecule has 0 N–H and O–H groups in total. The van der Waals surface area contributed by atoms with Crippen molar-refractivity contribution in [1.29, 1.82) is 0 Å². The normalized spacial score (nSPS) is 10.3. The lowest BCUT2D eigenvalue weighted by molar-refractivity contribution is -0.385. The van der Waals surface area contributed by atoms with Crippen molar-refractivity contribution in [3.05, 3.63) is 39.4 Å². The lowest BCUT2D eigenvalue weighted by atomic mass is 10.1. The minimum Gasteiger partial charge on any atom is -0.337 e. The quantitative estimate of drug-likeness (QED) is 0.440. The van der Waals surface area contributed by atoms with E-state index in [-0.39, 0.29) is 11.6 Å². The van der Waals surface area contributed by atoms with E-state index in [1.165, 1.54) is 12.1 Å². The maximum absolute atomic E-state index is 12.5. The maximum Gasteiger partial charge on any atom is 0.273 e. The number of unbranched alkanes of at least 4 members (excludes halogenated alkanes) is 1. The summed E-state index contributed by atoms with van der Waals surface area (Å²) in [5.74, 6) is 0.156. The first-order valence-electron chi connectivity index (χ1n) is 6.62. The minimum atomic E-state index is -0.468. The van der Waals surface area contributed by atoms with Gasteiger partial charge in [0.15, 0.2) is 0 Å². The highest BCUT2D eigenvalue weighted by atomic mass is 35.5. The van der Waals surface area contributed by atoms with Gasteiger partial charge >= 0.3 is 0 Å². The predicted octanol–water partition coefficient (Wildman–Crippen LogP) is 3.38. The molecule has 0 fully saturated rings. The second-order valence-electron chi connectivity index (χ2n) is 4.54. The highest BCUT2D eigenvalue weighted by Crippen LogP contribution is 2.22. The van der Waals surface area contributed by atoms with Gasteiger partial charge in [0.2, 0.25) is 0 Å². The summed E-state index contributed by atoms with van der Waals surface area (Å²) in [6, 6.07) is 4.57. The number of halogens is 1. The molecule has 0 heterocycles. The van der Waals surface area contributed by atoms with E-state index in [2.05, 4.69) is 0 Å². The summed E-state index contributed by atoms with van der Waals surface area (Å²) in [6.45, 7) is 4.71. The summed E-state index contributed by atoms with van der Waals surface area (Å²) in [4.78, 5) is 24.6. The Hall–Kier alpha value is -1.62. The Morgan fingerprint density at radius 2 is 2.10 bits per heavy atom. The molecular weight excluding hydrogens is 280 g/mol. The smallest absolute Gasteiger partial charge is 0.273 e. The topological polar surface area (TPSA) is 63.5 Å². The van der Waals surface area contributed by atoms with Crippen LogP contribution >= 0.6 is 11.6 Å². The third kappa shape index (κ3) is 3.93. The molecular formula is C14H19ClN2O3. The predicted molar refractivity (Wildman–Crippen MR) is 79.4 cm³/mol. The van der Waals surface area contributed by atoms with Crippen LogP contribution in [0.4, 0.5) is 5.69 Å². The second-order valence-corrected chi connectivity index (χ2v) is 4.92. The highest BCUT2D eigenvalue weighted by Gasteiger charge is 2.21. The Morgan fingerprint density at radius 3 is 2.65 bits per heavy atom. The first-order chi connectivity index (χ1) is 9.52. The fraction of sp³-hybridized carbons (Fsp3) is 0.500. The van der Waals surface area contributed by atoms with Crippen LogP contribution in [0.3, 0.4) is 0 Å². The van der Waals surface area contributed by atoms with Crippen molar-refractivity contribution in [2.75, 3.05) is 19.0 Å². The molecule has 0 spiro atoms. The molecule has 0 saturated carbocycles. The van der Waals surface area contributed by atoms with Crippen LogP contribution < -0.4 is 0 Å². The summed E-state index contributed by atoms with van der Waals surface area (Å²) in [5.41, 5.74) is 0.746. The summed E-state index contributed by atoms with van der Waals surface area (Å²) in [6.07, 6.45) is 1.86. The summed E-state index contributed by atoms with van der Waals surface area (Å²) in [7, 11) is 0. The Labute approximate surface area is 123 Å². The van der Waals surface area contributed by atoms with Gasteiger partial charge in [-0.2, -0.15) is 0 Å². The summed E-state index contributed by atoms with van der Waals surface area (Å²) >= 11 is 5.73. The van der Waals surface area contributed by atoms with E-state index >= 15 is 0 Å². The van der Waals surface area contributed by atoms with Crippen molar-refractivity contribution in [1.82, 2.24) is 4.90 Å². The Kier molecular flexibility index (Phi) is 6.45. The van der Waals surface area contributed by atoms with E-state index in [9.17, 15) is 14.9 Å². The lowest BCUT2D eigenvalue weighted by Crippen LogP contribution is -2.34. The molecule has 1 aromatic carbocycles. The van der Waals surface area contributed by atoms with E-state index in [0.717, 1.165) is 12.8 Å². The van der Waals surface area contributed by atoms with E-state index < -0.39 is 4.92 Å². The molecule has 0 aliphatic heterocycles. The monoisotopic (exact) mass is 298 g/mol. The van der Waals surface area contributed by atoms with E-state index in [4.69, 9.17) is 11.6 Å². The fourth-order valence-electron chi connectivity index (χ4n) is 1.99. The van der Waals surface area contributed by atoms with Crippen LogP contribution in [0, 0.1) is 17.0 Å². The summed E-state index contributed by atoms with van der Waals surface area (Å²) < 4.78 is 0. The fourth-order valence-corrected chi connectivity index (χ4v) is 2.19. The van der Waals surface area contributed by atoms with Crippen LogP contribution in [0.15, 0.2) is 18.2 Å². The molecule has 6 heteroatoms. The largest absolute Gasteiger partial charge is 0.337 e. The Bertz CT molecular complexity index is 491. The molecule has 0 atom stereocenters. The molecule has 110 valence electrons. The molecule has 0 aromatic heterocycles. The van der Waals surface area contributed by atoms with Crippen LogP contribution in [0.5, 0.6) is 0 Å². The van der Waals surface area contributed by atoms with Crippen molar-refractivity contribution >= 4 is 23.2 Å². The zero-order valence-corrected chi connectivity index (χ0v) is 12.5. The third-order valence-electron chi connectivity index (χ3n) is 3.16. The van der Waals surface area contributed by atoms with E-state index in [0.29, 0.717) is 30.1 Å². The van der Waals surface area contributed by atoms with Gasteiger partial charge < -0.3 is 4.90 Å².